The number of carbonyl (C=O) groups is 2. The molecular weight excluding hydrogens is 278 g/mol. The summed E-state index contributed by atoms with van der Waals surface area (Å²) in [4.78, 5) is 22.9. The molecule has 0 aromatic heterocycles. The number of amides is 1. The number of carbonyl (C=O) groups excluding carboxylic acids is 2. The van der Waals surface area contributed by atoms with Gasteiger partial charge in [0.15, 0.2) is 0 Å². The Labute approximate surface area is 131 Å². The Balaban J connectivity index is 2.13. The molecule has 0 radical (unpaired) electrons. The lowest BCUT2D eigenvalue weighted by Crippen LogP contribution is -2.28. The van der Waals surface area contributed by atoms with Crippen molar-refractivity contribution in [3.63, 3.8) is 0 Å². The molecule has 1 aromatic rings. The molecule has 0 aliphatic carbocycles. The van der Waals surface area contributed by atoms with Crippen LogP contribution >= 0.6 is 0 Å². The van der Waals surface area contributed by atoms with E-state index in [1.54, 1.807) is 12.2 Å². The fourth-order valence-corrected chi connectivity index (χ4v) is 1.74. The minimum atomic E-state index is -0.410. The second kappa shape index (κ2) is 10.4. The molecule has 0 saturated carbocycles. The van der Waals surface area contributed by atoms with Crippen molar-refractivity contribution in [1.82, 2.24) is 5.32 Å². The molecule has 4 heteroatoms. The molecule has 0 unspecified atom stereocenters. The number of esters is 1. The van der Waals surface area contributed by atoms with E-state index >= 15 is 0 Å². The van der Waals surface area contributed by atoms with Crippen LogP contribution in [0.5, 0.6) is 0 Å². The van der Waals surface area contributed by atoms with Crippen LogP contribution in [0.2, 0.25) is 0 Å². The Hall–Kier alpha value is -2.36. The minimum Gasteiger partial charge on any atom is -0.461 e. The van der Waals surface area contributed by atoms with Gasteiger partial charge in [-0.1, -0.05) is 48.1 Å². The molecular formula is C18H23NO3. The number of hydrogen-bond acceptors (Lipinski definition) is 3. The van der Waals surface area contributed by atoms with E-state index in [9.17, 15) is 9.59 Å². The van der Waals surface area contributed by atoms with Crippen LogP contribution in [-0.4, -0.2) is 25.0 Å². The van der Waals surface area contributed by atoms with E-state index < -0.39 is 5.97 Å². The highest BCUT2D eigenvalue weighted by molar-refractivity contribution is 5.82. The average molecular weight is 301 g/mol. The summed E-state index contributed by atoms with van der Waals surface area (Å²) in [5.41, 5.74) is 2.35. The zero-order valence-electron chi connectivity index (χ0n) is 13.2. The molecule has 0 bridgehead atoms. The van der Waals surface area contributed by atoms with E-state index in [2.05, 4.69) is 5.32 Å². The van der Waals surface area contributed by atoms with E-state index in [1.165, 1.54) is 11.6 Å². The zero-order valence-corrected chi connectivity index (χ0v) is 13.2. The molecule has 0 atom stereocenters. The van der Waals surface area contributed by atoms with Crippen LogP contribution in [0.15, 0.2) is 48.6 Å². The molecule has 0 saturated heterocycles. The van der Waals surface area contributed by atoms with Crippen LogP contribution in [0.25, 0.3) is 0 Å². The maximum absolute atomic E-state index is 11.7. The van der Waals surface area contributed by atoms with Crippen LogP contribution in [-0.2, 0) is 20.7 Å². The SMILES string of the molecule is CC=CC=CC(=O)OCCNC(=O)CCc1ccc(C)cc1. The van der Waals surface area contributed by atoms with Crippen LogP contribution in [0.1, 0.15) is 24.5 Å². The molecule has 0 spiro atoms. The minimum absolute atomic E-state index is 0.0407. The van der Waals surface area contributed by atoms with E-state index in [4.69, 9.17) is 4.74 Å². The van der Waals surface area contributed by atoms with Crippen LogP contribution < -0.4 is 5.32 Å². The number of rotatable bonds is 8. The van der Waals surface area contributed by atoms with Gasteiger partial charge in [-0.25, -0.2) is 4.79 Å². The maximum Gasteiger partial charge on any atom is 0.330 e. The van der Waals surface area contributed by atoms with E-state index in [-0.39, 0.29) is 12.5 Å². The zero-order chi connectivity index (χ0) is 16.2. The third kappa shape index (κ3) is 8.04. The number of aryl methyl sites for hydroxylation is 2. The van der Waals surface area contributed by atoms with Crippen LogP contribution in [0, 0.1) is 6.92 Å². The molecule has 0 heterocycles. The first-order valence-electron chi connectivity index (χ1n) is 7.40. The highest BCUT2D eigenvalue weighted by Crippen LogP contribution is 2.05. The Kier molecular flexibility index (Phi) is 8.35. The molecule has 22 heavy (non-hydrogen) atoms. The fraction of sp³-hybridized carbons (Fsp3) is 0.333. The lowest BCUT2D eigenvalue weighted by atomic mass is 10.1. The quantitative estimate of drug-likeness (QED) is 0.348. The van der Waals surface area contributed by atoms with Gasteiger partial charge in [-0.15, -0.1) is 0 Å². The van der Waals surface area contributed by atoms with Crippen molar-refractivity contribution in [2.75, 3.05) is 13.2 Å². The van der Waals surface area contributed by atoms with Crippen molar-refractivity contribution in [1.29, 1.82) is 0 Å². The summed E-state index contributed by atoms with van der Waals surface area (Å²) in [5.74, 6) is -0.451. The first-order valence-corrected chi connectivity index (χ1v) is 7.40. The normalized spacial score (nSPS) is 11.0. The van der Waals surface area contributed by atoms with Crippen molar-refractivity contribution < 1.29 is 14.3 Å². The fourth-order valence-electron chi connectivity index (χ4n) is 1.74. The highest BCUT2D eigenvalue weighted by atomic mass is 16.5. The Morgan fingerprint density at radius 1 is 1.18 bits per heavy atom. The van der Waals surface area contributed by atoms with E-state index in [0.29, 0.717) is 19.4 Å². The van der Waals surface area contributed by atoms with Gasteiger partial charge < -0.3 is 10.1 Å². The van der Waals surface area contributed by atoms with Crippen molar-refractivity contribution in [3.8, 4) is 0 Å². The van der Waals surface area contributed by atoms with Crippen molar-refractivity contribution >= 4 is 11.9 Å². The molecule has 1 amide bonds. The van der Waals surface area contributed by atoms with Gasteiger partial charge in [0.05, 0.1) is 6.54 Å². The second-order valence-corrected chi connectivity index (χ2v) is 4.89. The monoisotopic (exact) mass is 301 g/mol. The van der Waals surface area contributed by atoms with Crippen molar-refractivity contribution in [2.24, 2.45) is 0 Å². The Morgan fingerprint density at radius 3 is 2.59 bits per heavy atom. The summed E-state index contributed by atoms with van der Waals surface area (Å²) in [6.07, 6.45) is 7.66. The summed E-state index contributed by atoms with van der Waals surface area (Å²) in [6, 6.07) is 8.13. The number of hydrogen-bond donors (Lipinski definition) is 1. The van der Waals surface area contributed by atoms with Gasteiger partial charge in [0.2, 0.25) is 5.91 Å². The van der Waals surface area contributed by atoms with Gasteiger partial charge in [0.25, 0.3) is 0 Å². The number of ether oxygens (including phenoxy) is 1. The number of allylic oxidation sites excluding steroid dienone is 3. The van der Waals surface area contributed by atoms with Crippen LogP contribution in [0.4, 0.5) is 0 Å². The van der Waals surface area contributed by atoms with Gasteiger partial charge in [-0.05, 0) is 25.8 Å². The lowest BCUT2D eigenvalue weighted by molar-refractivity contribution is -0.138. The van der Waals surface area contributed by atoms with Gasteiger partial charge in [0, 0.05) is 12.5 Å². The number of benzene rings is 1. The molecule has 0 aliphatic heterocycles. The lowest BCUT2D eigenvalue weighted by Gasteiger charge is -2.06. The largest absolute Gasteiger partial charge is 0.461 e. The molecule has 0 aliphatic rings. The standard InChI is InChI=1S/C18H23NO3/c1-3-4-5-6-18(21)22-14-13-19-17(20)12-11-16-9-7-15(2)8-10-16/h3-10H,11-14H2,1-2H3,(H,19,20). The predicted octanol–water partition coefficient (Wildman–Crippen LogP) is 2.72. The third-order valence-corrected chi connectivity index (χ3v) is 2.97. The van der Waals surface area contributed by atoms with Gasteiger partial charge >= 0.3 is 5.97 Å². The summed E-state index contributed by atoms with van der Waals surface area (Å²) in [6.45, 7) is 4.40. The molecule has 118 valence electrons. The van der Waals surface area contributed by atoms with Crippen LogP contribution in [0.3, 0.4) is 0 Å². The number of nitrogens with one attached hydrogen (secondary N) is 1. The van der Waals surface area contributed by atoms with Gasteiger partial charge in [0.1, 0.15) is 6.61 Å². The molecule has 1 aromatic carbocycles. The first kappa shape index (κ1) is 17.7. The van der Waals surface area contributed by atoms with E-state index in [1.807, 2.05) is 44.2 Å². The summed E-state index contributed by atoms with van der Waals surface area (Å²) in [5, 5.41) is 2.73. The first-order chi connectivity index (χ1) is 10.6. The predicted molar refractivity (Wildman–Crippen MR) is 87.4 cm³/mol. The average Bonchev–Trinajstić information content (AvgIpc) is 2.51. The van der Waals surface area contributed by atoms with Gasteiger partial charge in [-0.3, -0.25) is 4.79 Å². The topological polar surface area (TPSA) is 55.4 Å². The maximum atomic E-state index is 11.7. The molecule has 1 rings (SSSR count). The summed E-state index contributed by atoms with van der Waals surface area (Å²) in [7, 11) is 0. The molecule has 0 fully saturated rings. The summed E-state index contributed by atoms with van der Waals surface area (Å²) >= 11 is 0. The highest BCUT2D eigenvalue weighted by Gasteiger charge is 2.02. The molecule has 4 nitrogen and oxygen atoms in total. The van der Waals surface area contributed by atoms with Gasteiger partial charge in [-0.2, -0.15) is 0 Å². The summed E-state index contributed by atoms with van der Waals surface area (Å²) < 4.78 is 4.94. The van der Waals surface area contributed by atoms with Crippen molar-refractivity contribution in [2.45, 2.75) is 26.7 Å². The Morgan fingerprint density at radius 2 is 1.91 bits per heavy atom. The van der Waals surface area contributed by atoms with Crippen molar-refractivity contribution in [3.05, 3.63) is 59.7 Å². The second-order valence-electron chi connectivity index (χ2n) is 4.89. The molecule has 1 N–H and O–H groups in total. The smallest absolute Gasteiger partial charge is 0.330 e. The Bertz CT molecular complexity index is 530. The third-order valence-electron chi connectivity index (χ3n) is 2.97. The van der Waals surface area contributed by atoms with E-state index in [0.717, 1.165) is 5.56 Å².